The number of nitrogens with zero attached hydrogens (tertiary/aromatic N) is 2. The van der Waals surface area contributed by atoms with Gasteiger partial charge in [-0.15, -0.1) is 0 Å². The molecule has 1 aromatic rings. The van der Waals surface area contributed by atoms with Gasteiger partial charge in [-0.05, 0) is 46.0 Å². The van der Waals surface area contributed by atoms with Gasteiger partial charge in [0, 0.05) is 24.7 Å². The summed E-state index contributed by atoms with van der Waals surface area (Å²) in [6.07, 6.45) is 2.66. The van der Waals surface area contributed by atoms with Crippen LogP contribution in [0.4, 0.5) is 0 Å². The number of rotatable bonds is 6. The molecule has 0 spiro atoms. The first kappa shape index (κ1) is 14.6. The van der Waals surface area contributed by atoms with E-state index in [9.17, 15) is 0 Å². The zero-order valence-corrected chi connectivity index (χ0v) is 12.5. The molecule has 4 heteroatoms. The maximum atomic E-state index is 5.76. The molecule has 19 heavy (non-hydrogen) atoms. The molecule has 4 nitrogen and oxygen atoms in total. The molecule has 0 radical (unpaired) electrons. The maximum Gasteiger partial charge on any atom is 0.118 e. The second-order valence-corrected chi connectivity index (χ2v) is 5.62. The van der Waals surface area contributed by atoms with Crippen LogP contribution in [0, 0.1) is 6.92 Å². The molecule has 1 aliphatic rings. The Morgan fingerprint density at radius 3 is 2.95 bits per heavy atom. The topological polar surface area (TPSA) is 45.6 Å². The number of nitrogens with two attached hydrogens (primary N) is 1. The molecular formula is C15H27N3O. The summed E-state index contributed by atoms with van der Waals surface area (Å²) in [6.45, 7) is 9.21. The standard InChI is InChI=1S/C15H27N3O/c1-4-18-7-5-6-14(18)10-17(3)11-15-8-13(9-16)12(2)19-15/h8,14H,4-7,9-11,16H2,1-3H3. The summed E-state index contributed by atoms with van der Waals surface area (Å²) in [6, 6.07) is 2.80. The van der Waals surface area contributed by atoms with Gasteiger partial charge >= 0.3 is 0 Å². The van der Waals surface area contributed by atoms with Crippen LogP contribution in [0.3, 0.4) is 0 Å². The fourth-order valence-electron chi connectivity index (χ4n) is 3.08. The van der Waals surface area contributed by atoms with E-state index >= 15 is 0 Å². The SMILES string of the molecule is CCN1CCCC1CN(C)Cc1cc(CN)c(C)o1. The first-order valence-corrected chi connectivity index (χ1v) is 7.34. The highest BCUT2D eigenvalue weighted by molar-refractivity contribution is 5.20. The molecule has 1 aliphatic heterocycles. The van der Waals surface area contributed by atoms with Crippen molar-refractivity contribution in [3.63, 3.8) is 0 Å². The van der Waals surface area contributed by atoms with E-state index in [0.717, 1.165) is 36.7 Å². The van der Waals surface area contributed by atoms with Gasteiger partial charge in [0.25, 0.3) is 0 Å². The van der Waals surface area contributed by atoms with Gasteiger partial charge in [-0.3, -0.25) is 9.80 Å². The Morgan fingerprint density at radius 2 is 2.32 bits per heavy atom. The minimum atomic E-state index is 0.561. The lowest BCUT2D eigenvalue weighted by molar-refractivity contribution is 0.187. The molecule has 0 amide bonds. The van der Waals surface area contributed by atoms with Gasteiger partial charge in [0.15, 0.2) is 0 Å². The zero-order valence-electron chi connectivity index (χ0n) is 12.5. The molecule has 2 heterocycles. The summed E-state index contributed by atoms with van der Waals surface area (Å²) in [7, 11) is 2.17. The molecule has 1 fully saturated rings. The van der Waals surface area contributed by atoms with Crippen molar-refractivity contribution in [3.8, 4) is 0 Å². The maximum absolute atomic E-state index is 5.76. The molecule has 1 unspecified atom stereocenters. The molecule has 0 aromatic carbocycles. The lowest BCUT2D eigenvalue weighted by atomic mass is 10.2. The number of likely N-dealkylation sites (tertiary alicyclic amines) is 1. The van der Waals surface area contributed by atoms with Gasteiger partial charge in [0.05, 0.1) is 6.54 Å². The fourth-order valence-corrected chi connectivity index (χ4v) is 3.08. The molecule has 2 N–H and O–H groups in total. The van der Waals surface area contributed by atoms with Crippen molar-refractivity contribution >= 4 is 0 Å². The third-order valence-electron chi connectivity index (χ3n) is 4.14. The number of likely N-dealkylation sites (N-methyl/N-ethyl adjacent to an activating group) is 2. The van der Waals surface area contributed by atoms with Gasteiger partial charge in [-0.2, -0.15) is 0 Å². The van der Waals surface area contributed by atoms with E-state index in [1.54, 1.807) is 0 Å². The van der Waals surface area contributed by atoms with E-state index in [0.29, 0.717) is 12.6 Å². The highest BCUT2D eigenvalue weighted by Gasteiger charge is 2.24. The Hall–Kier alpha value is -0.840. The van der Waals surface area contributed by atoms with Gasteiger partial charge in [-0.25, -0.2) is 0 Å². The Kier molecular flexibility index (Phi) is 5.02. The smallest absolute Gasteiger partial charge is 0.118 e. The van der Waals surface area contributed by atoms with Crippen LogP contribution in [0.1, 0.15) is 36.8 Å². The summed E-state index contributed by atoms with van der Waals surface area (Å²) >= 11 is 0. The Balaban J connectivity index is 1.88. The van der Waals surface area contributed by atoms with E-state index in [1.807, 2.05) is 6.92 Å². The van der Waals surface area contributed by atoms with Crippen LogP contribution in [0.5, 0.6) is 0 Å². The van der Waals surface area contributed by atoms with E-state index < -0.39 is 0 Å². The van der Waals surface area contributed by atoms with E-state index in [-0.39, 0.29) is 0 Å². The predicted octanol–water partition coefficient (Wildman–Crippen LogP) is 1.96. The predicted molar refractivity (Wildman–Crippen MR) is 77.9 cm³/mol. The quantitative estimate of drug-likeness (QED) is 0.854. The number of aryl methyl sites for hydroxylation is 1. The van der Waals surface area contributed by atoms with Crippen LogP contribution >= 0.6 is 0 Å². The molecule has 1 saturated heterocycles. The van der Waals surface area contributed by atoms with Crippen molar-refractivity contribution in [2.75, 3.05) is 26.7 Å². The second kappa shape index (κ2) is 6.55. The third kappa shape index (κ3) is 3.59. The minimum absolute atomic E-state index is 0.561. The number of furan rings is 1. The van der Waals surface area contributed by atoms with Crippen LogP contribution in [0.2, 0.25) is 0 Å². The summed E-state index contributed by atoms with van der Waals surface area (Å²) < 4.78 is 5.76. The number of hydrogen-bond donors (Lipinski definition) is 1. The van der Waals surface area contributed by atoms with E-state index in [4.69, 9.17) is 10.2 Å². The summed E-state index contributed by atoms with van der Waals surface area (Å²) in [4.78, 5) is 4.94. The molecule has 1 aromatic heterocycles. The third-order valence-corrected chi connectivity index (χ3v) is 4.14. The molecule has 2 rings (SSSR count). The highest BCUT2D eigenvalue weighted by Crippen LogP contribution is 2.19. The van der Waals surface area contributed by atoms with Crippen molar-refractivity contribution in [3.05, 3.63) is 23.2 Å². The van der Waals surface area contributed by atoms with Gasteiger partial charge in [0.1, 0.15) is 11.5 Å². The molecule has 0 saturated carbocycles. The minimum Gasteiger partial charge on any atom is -0.465 e. The second-order valence-electron chi connectivity index (χ2n) is 5.62. The van der Waals surface area contributed by atoms with Crippen LogP contribution in [-0.2, 0) is 13.1 Å². The van der Waals surface area contributed by atoms with E-state index in [1.165, 1.54) is 19.4 Å². The molecule has 1 atom stereocenters. The summed E-state index contributed by atoms with van der Waals surface area (Å²) in [5.41, 5.74) is 6.81. The average molecular weight is 265 g/mol. The van der Waals surface area contributed by atoms with Crippen LogP contribution in [0.25, 0.3) is 0 Å². The van der Waals surface area contributed by atoms with E-state index in [2.05, 4.69) is 29.8 Å². The largest absolute Gasteiger partial charge is 0.465 e. The lowest BCUT2D eigenvalue weighted by Gasteiger charge is -2.27. The Bertz CT molecular complexity index is 402. The van der Waals surface area contributed by atoms with Gasteiger partial charge < -0.3 is 10.2 Å². The van der Waals surface area contributed by atoms with Crippen LogP contribution in [0.15, 0.2) is 10.5 Å². The first-order valence-electron chi connectivity index (χ1n) is 7.34. The molecule has 108 valence electrons. The van der Waals surface area contributed by atoms with Crippen molar-refractivity contribution in [1.82, 2.24) is 9.80 Å². The zero-order chi connectivity index (χ0) is 13.8. The van der Waals surface area contributed by atoms with Crippen molar-refractivity contribution in [2.24, 2.45) is 5.73 Å². The molecular weight excluding hydrogens is 238 g/mol. The van der Waals surface area contributed by atoms with Gasteiger partial charge in [0.2, 0.25) is 0 Å². The van der Waals surface area contributed by atoms with Crippen LogP contribution in [-0.4, -0.2) is 42.5 Å². The first-order chi connectivity index (χ1) is 9.13. The fraction of sp³-hybridized carbons (Fsp3) is 0.733. The normalized spacial score (nSPS) is 20.6. The number of hydrogen-bond acceptors (Lipinski definition) is 4. The summed E-state index contributed by atoms with van der Waals surface area (Å²) in [5.74, 6) is 1.99. The Morgan fingerprint density at radius 1 is 1.53 bits per heavy atom. The lowest BCUT2D eigenvalue weighted by Crippen LogP contribution is -2.38. The summed E-state index contributed by atoms with van der Waals surface area (Å²) in [5, 5.41) is 0. The van der Waals surface area contributed by atoms with Crippen molar-refractivity contribution < 1.29 is 4.42 Å². The average Bonchev–Trinajstić information content (AvgIpc) is 2.95. The highest BCUT2D eigenvalue weighted by atomic mass is 16.3. The Labute approximate surface area is 116 Å². The van der Waals surface area contributed by atoms with Crippen molar-refractivity contribution in [1.29, 1.82) is 0 Å². The van der Waals surface area contributed by atoms with Crippen LogP contribution < -0.4 is 5.73 Å². The monoisotopic (exact) mass is 265 g/mol. The van der Waals surface area contributed by atoms with Gasteiger partial charge in [-0.1, -0.05) is 6.92 Å². The molecule has 0 bridgehead atoms. The van der Waals surface area contributed by atoms with Crippen molar-refractivity contribution in [2.45, 2.75) is 45.8 Å². The molecule has 0 aliphatic carbocycles.